The van der Waals surface area contributed by atoms with E-state index in [2.05, 4.69) is 4.98 Å². The average molecular weight is 537 g/mol. The molecular weight excluding hydrogens is 503 g/mol. The summed E-state index contributed by atoms with van der Waals surface area (Å²) in [6.07, 6.45) is -0.0742. The molecule has 2 unspecified atom stereocenters. The van der Waals surface area contributed by atoms with E-state index in [4.69, 9.17) is 18.5 Å². The van der Waals surface area contributed by atoms with Gasteiger partial charge in [0.2, 0.25) is 0 Å². The second-order valence-electron chi connectivity index (χ2n) is 9.77. The zero-order chi connectivity index (χ0) is 26.8. The van der Waals surface area contributed by atoms with Crippen molar-refractivity contribution in [2.75, 3.05) is 12.8 Å². The molecule has 6 atom stereocenters. The molecule has 2 heterocycles. The highest BCUT2D eigenvalue weighted by Gasteiger charge is 2.64. The molecular formula is C25H33N2O9P. The number of aromatic amines is 1. The Labute approximate surface area is 214 Å². The molecule has 1 spiro atoms. The van der Waals surface area contributed by atoms with Crippen LogP contribution in [0, 0.1) is 11.3 Å². The van der Waals surface area contributed by atoms with Crippen molar-refractivity contribution in [2.45, 2.75) is 64.6 Å². The number of H-pyrrole nitrogens is 1. The molecule has 1 saturated heterocycles. The number of aromatic nitrogens is 2. The van der Waals surface area contributed by atoms with Crippen molar-refractivity contribution in [3.8, 4) is 5.75 Å². The predicted octanol–water partition coefficient (Wildman–Crippen LogP) is 2.84. The van der Waals surface area contributed by atoms with E-state index in [1.165, 1.54) is 16.8 Å². The molecule has 202 valence electrons. The van der Waals surface area contributed by atoms with Gasteiger partial charge in [-0.2, -0.15) is 0 Å². The average Bonchev–Trinajstić information content (AvgIpc) is 3.61. The van der Waals surface area contributed by atoms with Crippen LogP contribution >= 0.6 is 7.60 Å². The fraction of sp³-hybridized carbons (Fsp3) is 0.560. The zero-order valence-corrected chi connectivity index (χ0v) is 22.0. The standard InChI is InChI=1S/C25H33N2O9P/c1-4-17(3)34-22(30)16(2)15-37(32,36-18-8-6-5-7-9-18)33-14-19-21(29)25(11-12-25)23(35-19)27-13-10-20(28)26-24(27)31/h5-10,13,16-17,19,21,23,29H,4,11-12,14-15H2,1-3H3,(H,26,28,31)/t16-,17?,19-,21-,23-,37?/m1/s1. The van der Waals surface area contributed by atoms with Gasteiger partial charge >= 0.3 is 19.3 Å². The summed E-state index contributed by atoms with van der Waals surface area (Å²) in [5.41, 5.74) is -1.90. The third kappa shape index (κ3) is 6.06. The van der Waals surface area contributed by atoms with Crippen molar-refractivity contribution in [1.82, 2.24) is 9.55 Å². The molecule has 2 fully saturated rings. The maximum absolute atomic E-state index is 13.9. The van der Waals surface area contributed by atoms with E-state index in [-0.39, 0.29) is 18.9 Å². The van der Waals surface area contributed by atoms with Crippen molar-refractivity contribution in [3.63, 3.8) is 0 Å². The van der Waals surface area contributed by atoms with Gasteiger partial charge < -0.3 is 19.1 Å². The molecule has 2 aliphatic rings. The predicted molar refractivity (Wildman–Crippen MR) is 133 cm³/mol. The summed E-state index contributed by atoms with van der Waals surface area (Å²) in [5.74, 6) is -0.987. The number of nitrogens with zero attached hydrogens (tertiary/aromatic N) is 1. The number of para-hydroxylation sites is 1. The summed E-state index contributed by atoms with van der Waals surface area (Å²) in [6, 6.07) is 9.66. The lowest BCUT2D eigenvalue weighted by atomic mass is 9.96. The molecule has 0 radical (unpaired) electrons. The lowest BCUT2D eigenvalue weighted by molar-refractivity contribution is -0.152. The molecule has 0 amide bonds. The summed E-state index contributed by atoms with van der Waals surface area (Å²) >= 11 is 0. The van der Waals surface area contributed by atoms with E-state index in [1.54, 1.807) is 44.2 Å². The van der Waals surface area contributed by atoms with Gasteiger partial charge in [0.25, 0.3) is 5.56 Å². The Bertz CT molecular complexity index is 1260. The highest BCUT2D eigenvalue weighted by Crippen LogP contribution is 2.62. The Morgan fingerprint density at radius 3 is 2.57 bits per heavy atom. The smallest absolute Gasteiger partial charge is 0.380 e. The number of carbonyl (C=O) groups is 1. The molecule has 1 aromatic heterocycles. The van der Waals surface area contributed by atoms with Gasteiger partial charge in [0.1, 0.15) is 18.1 Å². The van der Waals surface area contributed by atoms with Crippen LogP contribution in [0.4, 0.5) is 0 Å². The Kier molecular flexibility index (Phi) is 8.08. The first kappa shape index (κ1) is 27.3. The number of aliphatic hydroxyl groups excluding tert-OH is 1. The van der Waals surface area contributed by atoms with Gasteiger partial charge in [0, 0.05) is 17.7 Å². The molecule has 11 nitrogen and oxygen atoms in total. The maximum atomic E-state index is 13.9. The van der Waals surface area contributed by atoms with Crippen LogP contribution in [0.3, 0.4) is 0 Å². The molecule has 37 heavy (non-hydrogen) atoms. The third-order valence-electron chi connectivity index (χ3n) is 6.88. The normalized spacial score (nSPS) is 25.2. The first-order valence-corrected chi connectivity index (χ1v) is 14.1. The van der Waals surface area contributed by atoms with E-state index in [0.29, 0.717) is 25.0 Å². The molecule has 1 aliphatic carbocycles. The van der Waals surface area contributed by atoms with Crippen LogP contribution in [0.15, 0.2) is 52.2 Å². The van der Waals surface area contributed by atoms with Gasteiger partial charge in [-0.05, 0) is 38.3 Å². The minimum Gasteiger partial charge on any atom is -0.462 e. The van der Waals surface area contributed by atoms with E-state index in [0.717, 1.165) is 0 Å². The summed E-state index contributed by atoms with van der Waals surface area (Å²) in [7, 11) is -3.92. The van der Waals surface area contributed by atoms with Gasteiger partial charge in [0.15, 0.2) is 0 Å². The van der Waals surface area contributed by atoms with Crippen molar-refractivity contribution >= 4 is 13.6 Å². The lowest BCUT2D eigenvalue weighted by Crippen LogP contribution is -2.35. The zero-order valence-electron chi connectivity index (χ0n) is 21.1. The fourth-order valence-electron chi connectivity index (χ4n) is 4.42. The molecule has 4 rings (SSSR count). The number of ether oxygens (including phenoxy) is 2. The van der Waals surface area contributed by atoms with E-state index in [9.17, 15) is 24.1 Å². The van der Waals surface area contributed by atoms with Gasteiger partial charge in [0.05, 0.1) is 30.9 Å². The third-order valence-corrected chi connectivity index (χ3v) is 8.91. The Morgan fingerprint density at radius 2 is 1.95 bits per heavy atom. The SMILES string of the molecule is CCC(C)OC(=O)[C@H](C)CP(=O)(OC[C@H]1O[C@@H](n2ccc(=O)[nH]c2=O)C2(CC2)[C@@H]1O)Oc1ccccc1. The topological polar surface area (TPSA) is 146 Å². The summed E-state index contributed by atoms with van der Waals surface area (Å²) in [5, 5.41) is 11.0. The van der Waals surface area contributed by atoms with E-state index >= 15 is 0 Å². The molecule has 1 aromatic carbocycles. The molecule has 2 aromatic rings. The molecule has 12 heteroatoms. The Balaban J connectivity index is 1.50. The number of hydrogen-bond donors (Lipinski definition) is 2. The molecule has 1 aliphatic heterocycles. The molecule has 0 bridgehead atoms. The van der Waals surface area contributed by atoms with Gasteiger partial charge in [-0.1, -0.05) is 32.0 Å². The minimum absolute atomic E-state index is 0.242. The van der Waals surface area contributed by atoms with Crippen LogP contribution < -0.4 is 15.8 Å². The van der Waals surface area contributed by atoms with Crippen LogP contribution in [0.2, 0.25) is 0 Å². The monoisotopic (exact) mass is 536 g/mol. The number of esters is 1. The van der Waals surface area contributed by atoms with Crippen LogP contribution in [0.25, 0.3) is 0 Å². The number of benzene rings is 1. The van der Waals surface area contributed by atoms with Crippen molar-refractivity contribution in [2.24, 2.45) is 11.3 Å². The first-order chi connectivity index (χ1) is 17.6. The van der Waals surface area contributed by atoms with Crippen molar-refractivity contribution in [1.29, 1.82) is 0 Å². The van der Waals surface area contributed by atoms with E-state index in [1.807, 2.05) is 6.92 Å². The number of nitrogens with one attached hydrogen (secondary N) is 1. The Morgan fingerprint density at radius 1 is 1.24 bits per heavy atom. The summed E-state index contributed by atoms with van der Waals surface area (Å²) < 4.78 is 38.0. The number of rotatable bonds is 11. The highest BCUT2D eigenvalue weighted by atomic mass is 31.2. The minimum atomic E-state index is -3.92. The summed E-state index contributed by atoms with van der Waals surface area (Å²) in [4.78, 5) is 38.6. The molecule has 1 saturated carbocycles. The number of aliphatic hydroxyl groups is 1. The van der Waals surface area contributed by atoms with Gasteiger partial charge in [-0.3, -0.25) is 23.7 Å². The second-order valence-corrected chi connectivity index (χ2v) is 11.8. The van der Waals surface area contributed by atoms with E-state index < -0.39 is 54.6 Å². The molecule has 2 N–H and O–H groups in total. The van der Waals surface area contributed by atoms with Crippen LogP contribution in [0.5, 0.6) is 5.75 Å². The number of carbonyl (C=O) groups excluding carboxylic acids is 1. The van der Waals surface area contributed by atoms with Crippen LogP contribution in [-0.4, -0.2) is 51.7 Å². The summed E-state index contributed by atoms with van der Waals surface area (Å²) in [6.45, 7) is 4.96. The van der Waals surface area contributed by atoms with Crippen LogP contribution in [-0.2, 0) is 23.4 Å². The van der Waals surface area contributed by atoms with Crippen molar-refractivity contribution < 1.29 is 33.0 Å². The first-order valence-electron chi connectivity index (χ1n) is 12.4. The Hall–Kier alpha value is -2.72. The van der Waals surface area contributed by atoms with Gasteiger partial charge in [-0.25, -0.2) is 9.36 Å². The fourth-order valence-corrected chi connectivity index (χ4v) is 6.29. The quantitative estimate of drug-likeness (QED) is 0.327. The number of hydrogen-bond acceptors (Lipinski definition) is 9. The lowest BCUT2D eigenvalue weighted by Gasteiger charge is -2.24. The van der Waals surface area contributed by atoms with Gasteiger partial charge in [-0.15, -0.1) is 0 Å². The second kappa shape index (κ2) is 10.9. The van der Waals surface area contributed by atoms with Crippen molar-refractivity contribution in [3.05, 3.63) is 63.4 Å². The van der Waals surface area contributed by atoms with Crippen LogP contribution in [0.1, 0.15) is 46.3 Å². The largest absolute Gasteiger partial charge is 0.462 e. The highest BCUT2D eigenvalue weighted by molar-refractivity contribution is 7.54. The maximum Gasteiger partial charge on any atom is 0.380 e.